The van der Waals surface area contributed by atoms with Crippen molar-refractivity contribution >= 4 is 40.7 Å². The first-order valence-corrected chi connectivity index (χ1v) is 13.1. The monoisotopic (exact) mass is 498 g/mol. The van der Waals surface area contributed by atoms with Gasteiger partial charge < -0.3 is 10.1 Å². The second kappa shape index (κ2) is 11.5. The summed E-state index contributed by atoms with van der Waals surface area (Å²) in [5.74, 6) is 0.802. The Balaban J connectivity index is 1.26. The molecule has 184 valence electrons. The molecule has 1 aliphatic heterocycles. The third kappa shape index (κ3) is 5.80. The normalized spacial score (nSPS) is 14.0. The Labute approximate surface area is 215 Å². The third-order valence-corrected chi connectivity index (χ3v) is 7.38. The molecular weight excluding hydrogens is 468 g/mol. The van der Waals surface area contributed by atoms with E-state index in [2.05, 4.69) is 56.8 Å². The number of nitrogens with zero attached hydrogens (tertiary/aromatic N) is 2. The Hall–Kier alpha value is -3.55. The second-order valence-electron chi connectivity index (χ2n) is 8.80. The molecule has 0 bridgehead atoms. The van der Waals surface area contributed by atoms with Crippen LogP contribution in [0, 0.1) is 0 Å². The first kappa shape index (κ1) is 24.2. The number of hydrogen-bond acceptors (Lipinski definition) is 5. The van der Waals surface area contributed by atoms with Gasteiger partial charge >= 0.3 is 0 Å². The highest BCUT2D eigenvalue weighted by Gasteiger charge is 2.12. The van der Waals surface area contributed by atoms with Crippen molar-refractivity contribution in [2.24, 2.45) is 0 Å². The van der Waals surface area contributed by atoms with Crippen molar-refractivity contribution in [1.29, 1.82) is 0 Å². The lowest BCUT2D eigenvalue weighted by atomic mass is 10.1. The number of rotatable bonds is 9. The minimum absolute atomic E-state index is 0.0887. The molecule has 5 rings (SSSR count). The van der Waals surface area contributed by atoms with Gasteiger partial charge in [0.2, 0.25) is 0 Å². The summed E-state index contributed by atoms with van der Waals surface area (Å²) in [7, 11) is 1.65. The fourth-order valence-corrected chi connectivity index (χ4v) is 5.38. The highest BCUT2D eigenvalue weighted by atomic mass is 32.2. The molecule has 36 heavy (non-hydrogen) atoms. The van der Waals surface area contributed by atoms with Crippen LogP contribution in [0.2, 0.25) is 0 Å². The van der Waals surface area contributed by atoms with Crippen LogP contribution in [0.4, 0.5) is 0 Å². The number of carbonyl (C=O) groups excluding carboxylic acids is 1. The van der Waals surface area contributed by atoms with Crippen LogP contribution < -0.4 is 10.1 Å². The smallest absolute Gasteiger partial charge is 0.252 e. The first-order valence-electron chi connectivity index (χ1n) is 12.3. The van der Waals surface area contributed by atoms with E-state index in [4.69, 9.17) is 4.74 Å². The predicted octanol–water partition coefficient (Wildman–Crippen LogP) is 5.72. The molecule has 0 radical (unpaired) electrons. The molecule has 2 N–H and O–H groups in total. The second-order valence-corrected chi connectivity index (χ2v) is 9.91. The van der Waals surface area contributed by atoms with Crippen molar-refractivity contribution in [2.75, 3.05) is 33.3 Å². The number of aromatic nitrogens is 2. The van der Waals surface area contributed by atoms with Gasteiger partial charge in [-0.1, -0.05) is 42.1 Å². The van der Waals surface area contributed by atoms with Gasteiger partial charge in [0.05, 0.1) is 16.8 Å². The largest absolute Gasteiger partial charge is 0.492 e. The van der Waals surface area contributed by atoms with E-state index < -0.39 is 0 Å². The minimum atomic E-state index is -0.0887. The maximum Gasteiger partial charge on any atom is 0.252 e. The Morgan fingerprint density at radius 1 is 1.08 bits per heavy atom. The van der Waals surface area contributed by atoms with Crippen LogP contribution in [0.5, 0.6) is 5.75 Å². The van der Waals surface area contributed by atoms with E-state index in [0.717, 1.165) is 44.2 Å². The average Bonchev–Trinajstić information content (AvgIpc) is 3.57. The van der Waals surface area contributed by atoms with E-state index >= 15 is 0 Å². The number of benzene rings is 3. The van der Waals surface area contributed by atoms with Crippen molar-refractivity contribution in [2.45, 2.75) is 22.6 Å². The molecule has 3 aromatic carbocycles. The molecule has 0 saturated carbocycles. The molecule has 1 saturated heterocycles. The zero-order chi connectivity index (χ0) is 24.7. The molecule has 6 nitrogen and oxygen atoms in total. The van der Waals surface area contributed by atoms with Crippen molar-refractivity contribution in [3.63, 3.8) is 0 Å². The molecule has 2 heterocycles. The topological polar surface area (TPSA) is 70.2 Å². The molecule has 0 atom stereocenters. The number of carbonyl (C=O) groups is 1. The fraction of sp³-hybridized carbons (Fsp3) is 0.241. The van der Waals surface area contributed by atoms with Gasteiger partial charge in [0.15, 0.2) is 0 Å². The molecule has 1 aromatic heterocycles. The number of H-pyrrole nitrogens is 1. The zero-order valence-electron chi connectivity index (χ0n) is 20.4. The molecule has 0 spiro atoms. The summed E-state index contributed by atoms with van der Waals surface area (Å²) >= 11 is 1.56. The van der Waals surface area contributed by atoms with Crippen LogP contribution >= 0.6 is 11.8 Å². The Bertz CT molecular complexity index is 1370. The van der Waals surface area contributed by atoms with E-state index in [1.165, 1.54) is 25.9 Å². The van der Waals surface area contributed by atoms with Crippen molar-refractivity contribution < 1.29 is 9.53 Å². The average molecular weight is 499 g/mol. The Morgan fingerprint density at radius 2 is 1.94 bits per heavy atom. The van der Waals surface area contributed by atoms with E-state index in [0.29, 0.717) is 12.2 Å². The molecule has 4 aromatic rings. The summed E-state index contributed by atoms with van der Waals surface area (Å²) in [5.41, 5.74) is 3.58. The highest BCUT2D eigenvalue weighted by molar-refractivity contribution is 7.99. The summed E-state index contributed by atoms with van der Waals surface area (Å²) in [6.07, 6.45) is 6.68. The number of aromatic amines is 1. The highest BCUT2D eigenvalue weighted by Crippen LogP contribution is 2.33. The van der Waals surface area contributed by atoms with Crippen LogP contribution in [0.25, 0.3) is 23.1 Å². The maximum absolute atomic E-state index is 12.2. The molecule has 0 aliphatic carbocycles. The summed E-state index contributed by atoms with van der Waals surface area (Å²) < 4.78 is 5.98. The lowest BCUT2D eigenvalue weighted by Gasteiger charge is -2.15. The number of hydrogen-bond donors (Lipinski definition) is 2. The number of amides is 1. The lowest BCUT2D eigenvalue weighted by molar-refractivity contribution is 0.0960. The van der Waals surface area contributed by atoms with Crippen molar-refractivity contribution in [3.05, 3.63) is 83.6 Å². The lowest BCUT2D eigenvalue weighted by Crippen LogP contribution is -2.25. The number of ether oxygens (including phenoxy) is 1. The van der Waals surface area contributed by atoms with Crippen LogP contribution in [0.1, 0.15) is 34.5 Å². The first-order chi connectivity index (χ1) is 17.7. The van der Waals surface area contributed by atoms with Crippen LogP contribution in [-0.4, -0.2) is 54.3 Å². The summed E-state index contributed by atoms with van der Waals surface area (Å²) in [6.45, 7) is 4.07. The van der Waals surface area contributed by atoms with Gasteiger partial charge in [-0.05, 0) is 80.0 Å². The fourth-order valence-electron chi connectivity index (χ4n) is 4.40. The van der Waals surface area contributed by atoms with Gasteiger partial charge in [-0.3, -0.25) is 14.8 Å². The molecular formula is C29H30N4O2S. The molecule has 1 aliphatic rings. The standard InChI is InChI=1S/C29H30N4O2S/c1-30-29(34)25-9-2-3-10-28(25)36-23-12-13-24-26(31-32-27(24)20-23)14-11-21-7-6-8-22(19-21)35-18-17-33-15-4-5-16-33/h2-3,6-14,19-20H,4-5,15-18H2,1H3,(H,30,34)(H,31,32)/b14-11+. The quantitative estimate of drug-likeness (QED) is 0.309. The molecule has 7 heteroatoms. The van der Waals surface area contributed by atoms with Crippen LogP contribution in [0.15, 0.2) is 76.5 Å². The zero-order valence-corrected chi connectivity index (χ0v) is 21.2. The van der Waals surface area contributed by atoms with Gasteiger partial charge in [0, 0.05) is 28.8 Å². The van der Waals surface area contributed by atoms with E-state index in [-0.39, 0.29) is 5.91 Å². The summed E-state index contributed by atoms with van der Waals surface area (Å²) in [5, 5.41) is 11.4. The van der Waals surface area contributed by atoms with Crippen LogP contribution in [-0.2, 0) is 0 Å². The van der Waals surface area contributed by atoms with Gasteiger partial charge in [-0.25, -0.2) is 0 Å². The number of likely N-dealkylation sites (tertiary alicyclic amines) is 1. The predicted molar refractivity (Wildman–Crippen MR) is 147 cm³/mol. The maximum atomic E-state index is 12.2. The van der Waals surface area contributed by atoms with Crippen molar-refractivity contribution in [1.82, 2.24) is 20.4 Å². The van der Waals surface area contributed by atoms with Crippen LogP contribution in [0.3, 0.4) is 0 Å². The molecule has 1 amide bonds. The van der Waals surface area contributed by atoms with Gasteiger partial charge in [-0.15, -0.1) is 0 Å². The van der Waals surface area contributed by atoms with E-state index in [1.54, 1.807) is 18.8 Å². The van der Waals surface area contributed by atoms with E-state index in [1.807, 2.05) is 42.5 Å². The van der Waals surface area contributed by atoms with Gasteiger partial charge in [0.25, 0.3) is 5.91 Å². The number of fused-ring (bicyclic) bond motifs is 1. The summed E-state index contributed by atoms with van der Waals surface area (Å²) in [4.78, 5) is 16.6. The minimum Gasteiger partial charge on any atom is -0.492 e. The van der Waals surface area contributed by atoms with Gasteiger partial charge in [-0.2, -0.15) is 5.10 Å². The Kier molecular flexibility index (Phi) is 7.69. The van der Waals surface area contributed by atoms with Gasteiger partial charge in [0.1, 0.15) is 12.4 Å². The molecule has 0 unspecified atom stereocenters. The molecule has 1 fully saturated rings. The summed E-state index contributed by atoms with van der Waals surface area (Å²) in [6, 6.07) is 22.0. The van der Waals surface area contributed by atoms with E-state index in [9.17, 15) is 4.79 Å². The SMILES string of the molecule is CNC(=O)c1ccccc1Sc1ccc2c(/C=C/c3cccc(OCCN4CCCC4)c3)n[nH]c2c1. The van der Waals surface area contributed by atoms with Crippen molar-refractivity contribution in [3.8, 4) is 5.75 Å². The number of nitrogens with one attached hydrogen (secondary N) is 2. The Morgan fingerprint density at radius 3 is 2.81 bits per heavy atom. The third-order valence-electron chi connectivity index (χ3n) is 6.32.